The minimum absolute atomic E-state index is 0.928. The summed E-state index contributed by atoms with van der Waals surface area (Å²) in [7, 11) is 0. The molecular formula is C13H27N. The van der Waals surface area contributed by atoms with E-state index in [0.717, 1.165) is 24.3 Å². The molecule has 1 N–H and O–H groups in total. The maximum atomic E-state index is 3.43. The molecule has 0 aromatic rings. The molecule has 1 heteroatoms. The van der Waals surface area contributed by atoms with Crippen molar-refractivity contribution >= 4 is 0 Å². The largest absolute Gasteiger partial charge is 0.317 e. The Morgan fingerprint density at radius 2 is 2.14 bits per heavy atom. The lowest BCUT2D eigenvalue weighted by molar-refractivity contribution is 0.207. The van der Waals surface area contributed by atoms with Gasteiger partial charge in [-0.25, -0.2) is 0 Å². The second-order valence-electron chi connectivity index (χ2n) is 5.15. The van der Waals surface area contributed by atoms with Gasteiger partial charge in [-0.2, -0.15) is 0 Å². The van der Waals surface area contributed by atoms with Crippen LogP contribution in [0, 0.1) is 17.8 Å². The fourth-order valence-electron chi connectivity index (χ4n) is 2.74. The van der Waals surface area contributed by atoms with Crippen LogP contribution in [-0.4, -0.2) is 13.1 Å². The molecule has 0 heterocycles. The lowest BCUT2D eigenvalue weighted by Crippen LogP contribution is -2.24. The van der Waals surface area contributed by atoms with Gasteiger partial charge >= 0.3 is 0 Å². The van der Waals surface area contributed by atoms with Gasteiger partial charge in [0.1, 0.15) is 0 Å². The number of hydrogen-bond acceptors (Lipinski definition) is 1. The highest BCUT2D eigenvalue weighted by Crippen LogP contribution is 2.34. The Hall–Kier alpha value is -0.0400. The van der Waals surface area contributed by atoms with Gasteiger partial charge in [-0.05, 0) is 43.7 Å². The first kappa shape index (κ1) is 12.0. The molecule has 0 aromatic heterocycles. The summed E-state index contributed by atoms with van der Waals surface area (Å²) in [6.45, 7) is 9.38. The Labute approximate surface area is 89.7 Å². The van der Waals surface area contributed by atoms with Crippen LogP contribution in [0.1, 0.15) is 52.9 Å². The summed E-state index contributed by atoms with van der Waals surface area (Å²) in [5.41, 5.74) is 0. The van der Waals surface area contributed by atoms with Crippen molar-refractivity contribution < 1.29 is 0 Å². The van der Waals surface area contributed by atoms with Crippen molar-refractivity contribution in [3.8, 4) is 0 Å². The maximum absolute atomic E-state index is 3.43. The third kappa shape index (κ3) is 4.00. The fourth-order valence-corrected chi connectivity index (χ4v) is 2.74. The highest BCUT2D eigenvalue weighted by atomic mass is 14.8. The molecule has 0 saturated heterocycles. The Morgan fingerprint density at radius 1 is 1.36 bits per heavy atom. The van der Waals surface area contributed by atoms with Crippen molar-refractivity contribution in [2.24, 2.45) is 17.8 Å². The van der Waals surface area contributed by atoms with E-state index in [-0.39, 0.29) is 0 Å². The lowest BCUT2D eigenvalue weighted by Gasteiger charge is -2.31. The SMILES string of the molecule is CCNCCC(C)C1CCCC(C)C1. The molecule has 3 atom stereocenters. The van der Waals surface area contributed by atoms with Gasteiger partial charge in [0, 0.05) is 0 Å². The standard InChI is InChI=1S/C13H27N/c1-4-14-9-8-12(3)13-7-5-6-11(2)10-13/h11-14H,4-10H2,1-3H3. The van der Waals surface area contributed by atoms with E-state index in [4.69, 9.17) is 0 Å². The molecule has 0 bridgehead atoms. The summed E-state index contributed by atoms with van der Waals surface area (Å²) < 4.78 is 0. The van der Waals surface area contributed by atoms with Gasteiger partial charge in [0.05, 0.1) is 0 Å². The van der Waals surface area contributed by atoms with Gasteiger partial charge in [0.2, 0.25) is 0 Å². The molecule has 1 nitrogen and oxygen atoms in total. The summed E-state index contributed by atoms with van der Waals surface area (Å²) in [5, 5.41) is 3.43. The molecule has 1 rings (SSSR count). The quantitative estimate of drug-likeness (QED) is 0.666. The molecule has 0 aliphatic heterocycles. The Morgan fingerprint density at radius 3 is 2.79 bits per heavy atom. The normalized spacial score (nSPS) is 30.2. The summed E-state index contributed by atoms with van der Waals surface area (Å²) in [6.07, 6.45) is 7.27. The highest BCUT2D eigenvalue weighted by molar-refractivity contribution is 4.75. The smallest absolute Gasteiger partial charge is 0.00464 e. The van der Waals surface area contributed by atoms with E-state index in [2.05, 4.69) is 26.1 Å². The number of hydrogen-bond donors (Lipinski definition) is 1. The third-order valence-corrected chi connectivity index (χ3v) is 3.81. The van der Waals surface area contributed by atoms with Gasteiger partial charge in [0.25, 0.3) is 0 Å². The zero-order valence-electron chi connectivity index (χ0n) is 10.2. The first-order valence-electron chi connectivity index (χ1n) is 6.44. The molecule has 0 aromatic carbocycles. The van der Waals surface area contributed by atoms with Gasteiger partial charge in [0.15, 0.2) is 0 Å². The molecule has 0 spiro atoms. The van der Waals surface area contributed by atoms with Crippen LogP contribution in [0.25, 0.3) is 0 Å². The summed E-state index contributed by atoms with van der Waals surface area (Å²) in [5.74, 6) is 2.92. The molecular weight excluding hydrogens is 170 g/mol. The topological polar surface area (TPSA) is 12.0 Å². The second-order valence-corrected chi connectivity index (χ2v) is 5.15. The van der Waals surface area contributed by atoms with Crippen LogP contribution in [0.5, 0.6) is 0 Å². The maximum Gasteiger partial charge on any atom is -0.00464 e. The minimum atomic E-state index is 0.928. The fraction of sp³-hybridized carbons (Fsp3) is 1.00. The molecule has 14 heavy (non-hydrogen) atoms. The highest BCUT2D eigenvalue weighted by Gasteiger charge is 2.23. The van der Waals surface area contributed by atoms with Gasteiger partial charge < -0.3 is 5.32 Å². The monoisotopic (exact) mass is 197 g/mol. The molecule has 1 saturated carbocycles. The average Bonchev–Trinajstić information content (AvgIpc) is 2.18. The van der Waals surface area contributed by atoms with Crippen molar-refractivity contribution in [3.05, 3.63) is 0 Å². The predicted molar refractivity (Wildman–Crippen MR) is 63.4 cm³/mol. The minimum Gasteiger partial charge on any atom is -0.317 e. The van der Waals surface area contributed by atoms with Gasteiger partial charge in [-0.3, -0.25) is 0 Å². The van der Waals surface area contributed by atoms with E-state index in [1.54, 1.807) is 0 Å². The van der Waals surface area contributed by atoms with Crippen molar-refractivity contribution in [1.29, 1.82) is 0 Å². The Bertz CT molecular complexity index is 144. The van der Waals surface area contributed by atoms with E-state index >= 15 is 0 Å². The Kier molecular flexibility index (Phi) is 5.54. The van der Waals surface area contributed by atoms with E-state index in [1.807, 2.05) is 0 Å². The van der Waals surface area contributed by atoms with Crippen LogP contribution in [0.15, 0.2) is 0 Å². The van der Waals surface area contributed by atoms with Gasteiger partial charge in [-0.15, -0.1) is 0 Å². The first-order valence-corrected chi connectivity index (χ1v) is 6.44. The number of rotatable bonds is 5. The van der Waals surface area contributed by atoms with Gasteiger partial charge in [-0.1, -0.05) is 40.0 Å². The molecule has 1 aliphatic rings. The zero-order valence-corrected chi connectivity index (χ0v) is 10.2. The van der Waals surface area contributed by atoms with Crippen molar-refractivity contribution in [2.45, 2.75) is 52.9 Å². The molecule has 1 aliphatic carbocycles. The molecule has 1 fully saturated rings. The van der Waals surface area contributed by atoms with Crippen LogP contribution >= 0.6 is 0 Å². The average molecular weight is 197 g/mol. The molecule has 0 amide bonds. The third-order valence-electron chi connectivity index (χ3n) is 3.81. The second kappa shape index (κ2) is 6.44. The predicted octanol–water partition coefficient (Wildman–Crippen LogP) is 3.45. The lowest BCUT2D eigenvalue weighted by atomic mass is 9.75. The van der Waals surface area contributed by atoms with Crippen LogP contribution in [-0.2, 0) is 0 Å². The van der Waals surface area contributed by atoms with Crippen LogP contribution < -0.4 is 5.32 Å². The van der Waals surface area contributed by atoms with E-state index in [9.17, 15) is 0 Å². The Balaban J connectivity index is 2.18. The molecule has 3 unspecified atom stereocenters. The molecule has 0 radical (unpaired) electrons. The van der Waals surface area contributed by atoms with E-state index in [0.29, 0.717) is 0 Å². The number of nitrogens with one attached hydrogen (secondary N) is 1. The van der Waals surface area contributed by atoms with Crippen molar-refractivity contribution in [1.82, 2.24) is 5.32 Å². The van der Waals surface area contributed by atoms with Crippen molar-refractivity contribution in [2.75, 3.05) is 13.1 Å². The summed E-state index contributed by atoms with van der Waals surface area (Å²) in [6, 6.07) is 0. The van der Waals surface area contributed by atoms with E-state index in [1.165, 1.54) is 38.6 Å². The van der Waals surface area contributed by atoms with Crippen LogP contribution in [0.2, 0.25) is 0 Å². The van der Waals surface area contributed by atoms with Crippen LogP contribution in [0.4, 0.5) is 0 Å². The van der Waals surface area contributed by atoms with Crippen molar-refractivity contribution in [3.63, 3.8) is 0 Å². The summed E-state index contributed by atoms with van der Waals surface area (Å²) >= 11 is 0. The van der Waals surface area contributed by atoms with Crippen LogP contribution in [0.3, 0.4) is 0 Å². The zero-order chi connectivity index (χ0) is 10.4. The molecule has 84 valence electrons. The first-order chi connectivity index (χ1) is 6.74. The summed E-state index contributed by atoms with van der Waals surface area (Å²) in [4.78, 5) is 0. The van der Waals surface area contributed by atoms with E-state index < -0.39 is 0 Å².